The minimum absolute atomic E-state index is 0.215. The molecule has 0 atom stereocenters. The highest BCUT2D eigenvalue weighted by molar-refractivity contribution is 5.93. The molecule has 2 heteroatoms. The molecule has 0 aliphatic carbocycles. The van der Waals surface area contributed by atoms with Crippen molar-refractivity contribution >= 4 is 22.2 Å². The maximum Gasteiger partial charge on any atom is 0.131 e. The van der Waals surface area contributed by atoms with Crippen molar-refractivity contribution in [2.45, 2.75) is 13.3 Å². The number of benzene rings is 2. The molecule has 0 heterocycles. The lowest BCUT2D eigenvalue weighted by Gasteiger charge is -2.08. The van der Waals surface area contributed by atoms with E-state index in [0.29, 0.717) is 13.0 Å². The van der Waals surface area contributed by atoms with Crippen LogP contribution in [0.15, 0.2) is 42.5 Å². The van der Waals surface area contributed by atoms with Crippen molar-refractivity contribution in [2.75, 3.05) is 11.9 Å². The Hall–Kier alpha value is -1.83. The molecule has 2 rings (SSSR count). The van der Waals surface area contributed by atoms with Crippen LogP contribution in [0.1, 0.15) is 13.3 Å². The fraction of sp³-hybridized carbons (Fsp3) is 0.214. The molecule has 0 fully saturated rings. The third-order valence-corrected chi connectivity index (χ3v) is 2.58. The summed E-state index contributed by atoms with van der Waals surface area (Å²) >= 11 is 0. The molecular weight excluding hydrogens is 198 g/mol. The van der Waals surface area contributed by atoms with Gasteiger partial charge in [-0.05, 0) is 18.4 Å². The van der Waals surface area contributed by atoms with Crippen LogP contribution < -0.4 is 5.32 Å². The highest BCUT2D eigenvalue weighted by Gasteiger charge is 1.99. The van der Waals surface area contributed by atoms with Gasteiger partial charge < -0.3 is 5.32 Å². The van der Waals surface area contributed by atoms with Gasteiger partial charge in [-0.2, -0.15) is 0 Å². The topological polar surface area (TPSA) is 29.1 Å². The lowest BCUT2D eigenvalue weighted by atomic mass is 10.1. The van der Waals surface area contributed by atoms with Crippen molar-refractivity contribution in [3.63, 3.8) is 0 Å². The van der Waals surface area contributed by atoms with Gasteiger partial charge in [-0.15, -0.1) is 0 Å². The van der Waals surface area contributed by atoms with Crippen molar-refractivity contribution in [1.82, 2.24) is 0 Å². The number of rotatable bonds is 4. The fourth-order valence-corrected chi connectivity index (χ4v) is 1.75. The first-order chi connectivity index (χ1) is 7.77. The molecule has 16 heavy (non-hydrogen) atoms. The highest BCUT2D eigenvalue weighted by Crippen LogP contribution is 2.22. The van der Waals surface area contributed by atoms with E-state index in [2.05, 4.69) is 23.5 Å². The van der Waals surface area contributed by atoms with Gasteiger partial charge in [0.2, 0.25) is 0 Å². The fourth-order valence-electron chi connectivity index (χ4n) is 1.75. The first kappa shape index (κ1) is 10.7. The summed E-state index contributed by atoms with van der Waals surface area (Å²) in [6.07, 6.45) is 0.573. The van der Waals surface area contributed by atoms with Crippen molar-refractivity contribution in [3.05, 3.63) is 42.5 Å². The summed E-state index contributed by atoms with van der Waals surface area (Å²) in [6.45, 7) is 2.31. The summed E-state index contributed by atoms with van der Waals surface area (Å²) in [5.41, 5.74) is 1.10. The van der Waals surface area contributed by atoms with Crippen LogP contribution in [0.3, 0.4) is 0 Å². The van der Waals surface area contributed by atoms with Crippen LogP contribution in [0.5, 0.6) is 0 Å². The molecule has 1 N–H and O–H groups in total. The molecule has 0 aliphatic heterocycles. The number of carbonyl (C=O) groups excluding carboxylic acids is 1. The third kappa shape index (κ3) is 2.40. The Morgan fingerprint density at radius 2 is 1.88 bits per heavy atom. The Kier molecular flexibility index (Phi) is 3.20. The number of fused-ring (bicyclic) bond motifs is 1. The van der Waals surface area contributed by atoms with Crippen LogP contribution in [0, 0.1) is 0 Å². The molecule has 0 saturated carbocycles. The minimum atomic E-state index is 0.215. The molecular formula is C14H15NO. The van der Waals surface area contributed by atoms with Crippen LogP contribution in [0.4, 0.5) is 5.69 Å². The molecule has 0 radical (unpaired) electrons. The predicted molar refractivity (Wildman–Crippen MR) is 67.7 cm³/mol. The molecule has 0 aliphatic rings. The summed E-state index contributed by atoms with van der Waals surface area (Å²) in [6, 6.07) is 14.4. The maximum absolute atomic E-state index is 10.9. The number of ketones is 1. The zero-order valence-corrected chi connectivity index (χ0v) is 9.36. The first-order valence-corrected chi connectivity index (χ1v) is 5.48. The molecule has 82 valence electrons. The second-order valence-electron chi connectivity index (χ2n) is 3.91. The molecule has 0 amide bonds. The Morgan fingerprint density at radius 1 is 1.12 bits per heavy atom. The molecule has 0 spiro atoms. The quantitative estimate of drug-likeness (QED) is 0.844. The van der Waals surface area contributed by atoms with Gasteiger partial charge in [0.25, 0.3) is 0 Å². The van der Waals surface area contributed by atoms with Gasteiger partial charge in [0, 0.05) is 24.0 Å². The van der Waals surface area contributed by atoms with Crippen LogP contribution in [0.25, 0.3) is 10.8 Å². The van der Waals surface area contributed by atoms with Crippen LogP contribution >= 0.6 is 0 Å². The van der Waals surface area contributed by atoms with E-state index in [9.17, 15) is 4.79 Å². The number of nitrogens with one attached hydrogen (secondary N) is 1. The van der Waals surface area contributed by atoms with Crippen molar-refractivity contribution in [3.8, 4) is 0 Å². The van der Waals surface area contributed by atoms with Gasteiger partial charge in [0.05, 0.1) is 0 Å². The number of anilines is 1. The lowest BCUT2D eigenvalue weighted by molar-refractivity contribution is -0.116. The first-order valence-electron chi connectivity index (χ1n) is 5.48. The molecule has 0 saturated heterocycles. The number of hydrogen-bond acceptors (Lipinski definition) is 2. The summed E-state index contributed by atoms with van der Waals surface area (Å²) in [4.78, 5) is 10.9. The predicted octanol–water partition coefficient (Wildman–Crippen LogP) is 3.23. The molecule has 2 nitrogen and oxygen atoms in total. The normalized spacial score (nSPS) is 10.3. The molecule has 0 bridgehead atoms. The zero-order chi connectivity index (χ0) is 11.4. The average molecular weight is 213 g/mol. The molecule has 2 aromatic rings. The van der Waals surface area contributed by atoms with E-state index in [0.717, 1.165) is 5.69 Å². The second-order valence-corrected chi connectivity index (χ2v) is 3.91. The van der Waals surface area contributed by atoms with E-state index >= 15 is 0 Å². The van der Waals surface area contributed by atoms with E-state index in [4.69, 9.17) is 0 Å². The Labute approximate surface area is 95.3 Å². The third-order valence-electron chi connectivity index (χ3n) is 2.58. The zero-order valence-electron chi connectivity index (χ0n) is 9.36. The van der Waals surface area contributed by atoms with Crippen molar-refractivity contribution in [2.24, 2.45) is 0 Å². The smallest absolute Gasteiger partial charge is 0.131 e. The van der Waals surface area contributed by atoms with Gasteiger partial charge in [-0.1, -0.05) is 36.4 Å². The average Bonchev–Trinajstić information content (AvgIpc) is 2.29. The molecule has 2 aromatic carbocycles. The Balaban J connectivity index is 2.20. The van der Waals surface area contributed by atoms with E-state index in [-0.39, 0.29) is 5.78 Å². The second kappa shape index (κ2) is 4.79. The Morgan fingerprint density at radius 3 is 2.69 bits per heavy atom. The summed E-state index contributed by atoms with van der Waals surface area (Å²) < 4.78 is 0. The molecule has 0 unspecified atom stereocenters. The summed E-state index contributed by atoms with van der Waals surface area (Å²) in [7, 11) is 0. The van der Waals surface area contributed by atoms with Crippen LogP contribution in [-0.4, -0.2) is 12.3 Å². The standard InChI is InChI=1S/C14H15NO/c1-11(16)9-10-15-14-8-4-6-12-5-2-3-7-13(12)14/h2-8,15H,9-10H2,1H3. The largest absolute Gasteiger partial charge is 0.384 e. The summed E-state index contributed by atoms with van der Waals surface area (Å²) in [5.74, 6) is 0.215. The van der Waals surface area contributed by atoms with Crippen molar-refractivity contribution in [1.29, 1.82) is 0 Å². The maximum atomic E-state index is 10.9. The van der Waals surface area contributed by atoms with Gasteiger partial charge >= 0.3 is 0 Å². The summed E-state index contributed by atoms with van der Waals surface area (Å²) in [5, 5.41) is 5.72. The van der Waals surface area contributed by atoms with E-state index in [1.807, 2.05) is 24.3 Å². The van der Waals surface area contributed by atoms with E-state index in [1.165, 1.54) is 10.8 Å². The van der Waals surface area contributed by atoms with Gasteiger partial charge in [0.15, 0.2) is 0 Å². The van der Waals surface area contributed by atoms with Crippen molar-refractivity contribution < 1.29 is 4.79 Å². The number of hydrogen-bond donors (Lipinski definition) is 1. The van der Waals surface area contributed by atoms with E-state index < -0.39 is 0 Å². The lowest BCUT2D eigenvalue weighted by Crippen LogP contribution is -2.05. The van der Waals surface area contributed by atoms with Crippen LogP contribution in [-0.2, 0) is 4.79 Å². The number of carbonyl (C=O) groups is 1. The monoisotopic (exact) mass is 213 g/mol. The highest BCUT2D eigenvalue weighted by atomic mass is 16.1. The Bertz CT molecular complexity index is 500. The van der Waals surface area contributed by atoms with Gasteiger partial charge in [-0.25, -0.2) is 0 Å². The van der Waals surface area contributed by atoms with Crippen LogP contribution in [0.2, 0.25) is 0 Å². The molecule has 0 aromatic heterocycles. The number of Topliss-reactive ketones (excluding diaryl/α,β-unsaturated/α-hetero) is 1. The SMILES string of the molecule is CC(=O)CCNc1cccc2ccccc12. The van der Waals surface area contributed by atoms with Gasteiger partial charge in [0.1, 0.15) is 5.78 Å². The minimum Gasteiger partial charge on any atom is -0.384 e. The van der Waals surface area contributed by atoms with E-state index in [1.54, 1.807) is 6.92 Å². The van der Waals surface area contributed by atoms with Gasteiger partial charge in [-0.3, -0.25) is 4.79 Å².